The van der Waals surface area contributed by atoms with E-state index in [0.29, 0.717) is 10.9 Å². The zero-order valence-corrected chi connectivity index (χ0v) is 13.7. The number of pyridine rings is 1. The molecule has 3 nitrogen and oxygen atoms in total. The van der Waals surface area contributed by atoms with Crippen molar-refractivity contribution in [2.75, 3.05) is 6.61 Å². The van der Waals surface area contributed by atoms with Crippen LogP contribution in [0.3, 0.4) is 0 Å². The Morgan fingerprint density at radius 1 is 1.13 bits per heavy atom. The van der Waals surface area contributed by atoms with Crippen molar-refractivity contribution < 1.29 is 4.74 Å². The highest BCUT2D eigenvalue weighted by atomic mass is 35.5. The fraction of sp³-hybridized carbons (Fsp3) is 0.158. The van der Waals surface area contributed by atoms with Gasteiger partial charge < -0.3 is 4.74 Å². The number of aromatic nitrogens is 1. The molecule has 0 atom stereocenters. The first-order chi connectivity index (χ1) is 11.1. The smallest absolute Gasteiger partial charge is 0.174 e. The van der Waals surface area contributed by atoms with Crippen LogP contribution in [0.5, 0.6) is 5.75 Å². The largest absolute Gasteiger partial charge is 0.479 e. The lowest BCUT2D eigenvalue weighted by Crippen LogP contribution is -1.95. The number of nitriles is 1. The number of hydrogen-bond donors (Lipinski definition) is 0. The average Bonchev–Trinajstić information content (AvgIpc) is 2.55. The predicted octanol–water partition coefficient (Wildman–Crippen LogP) is 5.07. The van der Waals surface area contributed by atoms with Crippen molar-refractivity contribution in [1.29, 1.82) is 5.26 Å². The molecule has 0 bridgehead atoms. The molecule has 0 spiro atoms. The van der Waals surface area contributed by atoms with Crippen LogP contribution >= 0.6 is 11.6 Å². The van der Waals surface area contributed by atoms with Gasteiger partial charge in [-0.15, -0.1) is 0 Å². The summed E-state index contributed by atoms with van der Waals surface area (Å²) in [6.45, 7) is 4.19. The maximum absolute atomic E-state index is 8.64. The summed E-state index contributed by atoms with van der Waals surface area (Å²) in [7, 11) is 0. The first kappa shape index (κ1) is 15.3. The lowest BCUT2D eigenvalue weighted by atomic mass is 9.93. The van der Waals surface area contributed by atoms with E-state index in [4.69, 9.17) is 21.6 Å². The quantitative estimate of drug-likeness (QED) is 0.632. The van der Waals surface area contributed by atoms with Gasteiger partial charge in [0.15, 0.2) is 6.61 Å². The zero-order valence-electron chi connectivity index (χ0n) is 12.9. The van der Waals surface area contributed by atoms with Gasteiger partial charge in [-0.1, -0.05) is 29.8 Å². The first-order valence-corrected chi connectivity index (χ1v) is 7.64. The van der Waals surface area contributed by atoms with E-state index in [-0.39, 0.29) is 6.61 Å². The van der Waals surface area contributed by atoms with Gasteiger partial charge in [0.2, 0.25) is 0 Å². The van der Waals surface area contributed by atoms with Gasteiger partial charge in [0.05, 0.1) is 0 Å². The van der Waals surface area contributed by atoms with Crippen LogP contribution in [0.4, 0.5) is 0 Å². The lowest BCUT2D eigenvalue weighted by Gasteiger charge is -2.14. The van der Waals surface area contributed by atoms with Crippen molar-refractivity contribution in [3.63, 3.8) is 0 Å². The van der Waals surface area contributed by atoms with E-state index in [1.807, 2.05) is 36.5 Å². The molecule has 1 aromatic heterocycles. The SMILES string of the molecule is Cc1cccc(C)c1-c1cnc(Cl)c2cc(OCC#N)ccc12. The van der Waals surface area contributed by atoms with Gasteiger partial charge in [-0.3, -0.25) is 0 Å². The molecular formula is C19H15ClN2O. The summed E-state index contributed by atoms with van der Waals surface area (Å²) >= 11 is 6.27. The Morgan fingerprint density at radius 2 is 1.87 bits per heavy atom. The van der Waals surface area contributed by atoms with Gasteiger partial charge in [-0.25, -0.2) is 4.98 Å². The Morgan fingerprint density at radius 3 is 2.57 bits per heavy atom. The Balaban J connectivity index is 2.24. The summed E-state index contributed by atoms with van der Waals surface area (Å²) in [6, 6.07) is 13.8. The second kappa shape index (κ2) is 6.28. The molecule has 3 rings (SSSR count). The summed E-state index contributed by atoms with van der Waals surface area (Å²) < 4.78 is 5.36. The van der Waals surface area contributed by atoms with Gasteiger partial charge in [0.25, 0.3) is 0 Å². The fourth-order valence-electron chi connectivity index (χ4n) is 2.83. The van der Waals surface area contributed by atoms with Crippen LogP contribution in [0.1, 0.15) is 11.1 Å². The summed E-state index contributed by atoms with van der Waals surface area (Å²) in [5.74, 6) is 0.612. The van der Waals surface area contributed by atoms with E-state index < -0.39 is 0 Å². The fourth-order valence-corrected chi connectivity index (χ4v) is 3.04. The van der Waals surface area contributed by atoms with Crippen molar-refractivity contribution in [2.24, 2.45) is 0 Å². The molecule has 0 aliphatic rings. The third-order valence-corrected chi connectivity index (χ3v) is 4.17. The van der Waals surface area contributed by atoms with Crippen LogP contribution in [-0.2, 0) is 0 Å². The number of nitrogens with zero attached hydrogens (tertiary/aromatic N) is 2. The normalized spacial score (nSPS) is 10.5. The van der Waals surface area contributed by atoms with Crippen LogP contribution < -0.4 is 4.74 Å². The van der Waals surface area contributed by atoms with Gasteiger partial charge in [-0.05, 0) is 54.1 Å². The molecule has 0 fully saturated rings. The summed E-state index contributed by atoms with van der Waals surface area (Å²) in [4.78, 5) is 4.33. The van der Waals surface area contributed by atoms with Crippen LogP contribution in [0.2, 0.25) is 5.15 Å². The average molecular weight is 323 g/mol. The number of benzene rings is 2. The number of halogens is 1. The van der Waals surface area contributed by atoms with Gasteiger partial charge in [0, 0.05) is 17.1 Å². The van der Waals surface area contributed by atoms with Crippen molar-refractivity contribution >= 4 is 22.4 Å². The molecule has 0 unspecified atom stereocenters. The molecule has 2 aromatic carbocycles. The topological polar surface area (TPSA) is 45.9 Å². The molecule has 1 heterocycles. The molecule has 4 heteroatoms. The van der Waals surface area contributed by atoms with Crippen LogP contribution in [-0.4, -0.2) is 11.6 Å². The third-order valence-electron chi connectivity index (χ3n) is 3.86. The second-order valence-electron chi connectivity index (χ2n) is 5.38. The standard InChI is InChI=1S/C19H15ClN2O/c1-12-4-3-5-13(2)18(12)17-11-22-19(20)16-10-14(23-9-8-21)6-7-15(16)17/h3-7,10-11H,9H2,1-2H3. The highest BCUT2D eigenvalue weighted by Crippen LogP contribution is 2.36. The Bertz CT molecular complexity index is 908. The van der Waals surface area contributed by atoms with Gasteiger partial charge >= 0.3 is 0 Å². The van der Waals surface area contributed by atoms with E-state index in [9.17, 15) is 0 Å². The summed E-state index contributed by atoms with van der Waals surface area (Å²) in [6.07, 6.45) is 1.82. The predicted molar refractivity (Wildman–Crippen MR) is 92.8 cm³/mol. The highest BCUT2D eigenvalue weighted by molar-refractivity contribution is 6.34. The number of fused-ring (bicyclic) bond motifs is 1. The number of aryl methyl sites for hydroxylation is 2. The zero-order chi connectivity index (χ0) is 16.4. The Kier molecular flexibility index (Phi) is 4.18. The van der Waals surface area contributed by atoms with Crippen LogP contribution in [0.25, 0.3) is 21.9 Å². The second-order valence-corrected chi connectivity index (χ2v) is 5.74. The molecule has 114 valence electrons. The maximum Gasteiger partial charge on any atom is 0.174 e. The minimum atomic E-state index is 0.00709. The third kappa shape index (κ3) is 2.86. The minimum Gasteiger partial charge on any atom is -0.479 e. The Hall–Kier alpha value is -2.57. The molecule has 0 saturated carbocycles. The monoisotopic (exact) mass is 322 g/mol. The minimum absolute atomic E-state index is 0.00709. The number of rotatable bonds is 3. The molecule has 0 amide bonds. The van der Waals surface area contributed by atoms with Crippen molar-refractivity contribution in [3.05, 3.63) is 58.9 Å². The van der Waals surface area contributed by atoms with Crippen molar-refractivity contribution in [3.8, 4) is 22.9 Å². The summed E-state index contributed by atoms with van der Waals surface area (Å²) in [5.41, 5.74) is 4.61. The number of ether oxygens (including phenoxy) is 1. The molecule has 0 N–H and O–H groups in total. The number of hydrogen-bond acceptors (Lipinski definition) is 3. The van der Waals surface area contributed by atoms with Gasteiger partial charge in [-0.2, -0.15) is 5.26 Å². The molecule has 0 radical (unpaired) electrons. The summed E-state index contributed by atoms with van der Waals surface area (Å²) in [5, 5.41) is 10.9. The van der Waals surface area contributed by atoms with Gasteiger partial charge in [0.1, 0.15) is 17.0 Å². The van der Waals surface area contributed by atoms with E-state index >= 15 is 0 Å². The molecule has 3 aromatic rings. The van der Waals surface area contributed by atoms with Crippen LogP contribution in [0.15, 0.2) is 42.6 Å². The van der Waals surface area contributed by atoms with E-state index in [2.05, 4.69) is 31.0 Å². The van der Waals surface area contributed by atoms with Crippen molar-refractivity contribution in [2.45, 2.75) is 13.8 Å². The molecular weight excluding hydrogens is 308 g/mol. The molecule has 0 saturated heterocycles. The Labute approximate surface area is 140 Å². The van der Waals surface area contributed by atoms with E-state index in [0.717, 1.165) is 16.3 Å². The first-order valence-electron chi connectivity index (χ1n) is 7.26. The van der Waals surface area contributed by atoms with E-state index in [1.54, 1.807) is 0 Å². The van der Waals surface area contributed by atoms with Crippen molar-refractivity contribution in [1.82, 2.24) is 4.98 Å². The molecule has 0 aliphatic heterocycles. The highest BCUT2D eigenvalue weighted by Gasteiger charge is 2.12. The maximum atomic E-state index is 8.64. The molecule has 0 aliphatic carbocycles. The van der Waals surface area contributed by atoms with Crippen LogP contribution in [0, 0.1) is 25.2 Å². The van der Waals surface area contributed by atoms with E-state index in [1.165, 1.54) is 16.7 Å². The molecule has 23 heavy (non-hydrogen) atoms. The lowest BCUT2D eigenvalue weighted by molar-refractivity contribution is 0.368.